The smallest absolute Gasteiger partial charge is 0.273 e. The molecule has 138 valence electrons. The number of amides is 4. The van der Waals surface area contributed by atoms with Crippen LogP contribution in [0.25, 0.3) is 6.08 Å². The summed E-state index contributed by atoms with van der Waals surface area (Å²) in [5.74, 6) is -2.03. The summed E-state index contributed by atoms with van der Waals surface area (Å²) >= 11 is 5.91. The lowest BCUT2D eigenvalue weighted by atomic mass is 10.1. The van der Waals surface area contributed by atoms with Crippen molar-refractivity contribution in [3.05, 3.63) is 70.3 Å². The third-order valence-electron chi connectivity index (χ3n) is 3.73. The first-order chi connectivity index (χ1) is 12.7. The number of anilines is 1. The van der Waals surface area contributed by atoms with Crippen molar-refractivity contribution in [3.8, 4) is 0 Å². The maximum Gasteiger partial charge on any atom is 0.416 e. The molecule has 3 rings (SSSR count). The largest absolute Gasteiger partial charge is 0.416 e. The highest BCUT2D eigenvalue weighted by atomic mass is 35.5. The van der Waals surface area contributed by atoms with Gasteiger partial charge in [0.25, 0.3) is 11.8 Å². The topological polar surface area (TPSA) is 66.5 Å². The first-order valence-electron chi connectivity index (χ1n) is 7.52. The van der Waals surface area contributed by atoms with Gasteiger partial charge in [0.1, 0.15) is 5.57 Å². The van der Waals surface area contributed by atoms with Crippen molar-refractivity contribution in [2.24, 2.45) is 0 Å². The molecule has 5 nitrogen and oxygen atoms in total. The van der Waals surface area contributed by atoms with Crippen LogP contribution in [0.4, 0.5) is 23.7 Å². The number of barbiturate groups is 1. The van der Waals surface area contributed by atoms with Crippen molar-refractivity contribution < 1.29 is 27.6 Å². The summed E-state index contributed by atoms with van der Waals surface area (Å²) < 4.78 is 38.9. The van der Waals surface area contributed by atoms with Gasteiger partial charge in [-0.15, -0.1) is 0 Å². The van der Waals surface area contributed by atoms with Crippen molar-refractivity contribution >= 4 is 41.2 Å². The van der Waals surface area contributed by atoms with Gasteiger partial charge >= 0.3 is 12.2 Å². The Morgan fingerprint density at radius 2 is 1.67 bits per heavy atom. The second-order valence-corrected chi connectivity index (χ2v) is 5.94. The van der Waals surface area contributed by atoms with Gasteiger partial charge in [-0.25, -0.2) is 9.69 Å². The molecule has 0 aliphatic carbocycles. The van der Waals surface area contributed by atoms with Crippen LogP contribution in [0.2, 0.25) is 5.02 Å². The summed E-state index contributed by atoms with van der Waals surface area (Å²) in [7, 11) is 0. The molecule has 1 heterocycles. The van der Waals surface area contributed by atoms with Gasteiger partial charge < -0.3 is 0 Å². The molecule has 0 unspecified atom stereocenters. The minimum Gasteiger partial charge on any atom is -0.273 e. The molecule has 0 atom stereocenters. The van der Waals surface area contributed by atoms with E-state index in [2.05, 4.69) is 0 Å². The fourth-order valence-electron chi connectivity index (χ4n) is 2.45. The van der Waals surface area contributed by atoms with E-state index in [9.17, 15) is 27.6 Å². The number of halogens is 4. The number of alkyl halides is 3. The van der Waals surface area contributed by atoms with Crippen LogP contribution in [-0.2, 0) is 15.8 Å². The molecule has 0 saturated carbocycles. The molecule has 1 aliphatic heterocycles. The quantitative estimate of drug-likeness (QED) is 0.618. The lowest BCUT2D eigenvalue weighted by Crippen LogP contribution is -2.54. The van der Waals surface area contributed by atoms with E-state index in [1.54, 1.807) is 30.3 Å². The van der Waals surface area contributed by atoms with Crippen molar-refractivity contribution in [1.29, 1.82) is 0 Å². The molecule has 1 N–H and O–H groups in total. The number of imide groups is 2. The molecule has 1 fully saturated rings. The Labute approximate surface area is 156 Å². The molecule has 0 radical (unpaired) electrons. The van der Waals surface area contributed by atoms with E-state index in [0.717, 1.165) is 12.1 Å². The SMILES string of the molecule is O=C1NC(=O)N(c2cc(C(F)(F)F)ccc2Cl)C(=O)C1=Cc1ccccc1. The highest BCUT2D eigenvalue weighted by Gasteiger charge is 2.39. The van der Waals surface area contributed by atoms with E-state index in [-0.39, 0.29) is 5.02 Å². The molecule has 0 spiro atoms. The monoisotopic (exact) mass is 394 g/mol. The Kier molecular flexibility index (Phi) is 4.75. The van der Waals surface area contributed by atoms with E-state index in [1.807, 2.05) is 5.32 Å². The van der Waals surface area contributed by atoms with Crippen LogP contribution in [0.15, 0.2) is 54.1 Å². The Hall–Kier alpha value is -3.13. The molecule has 2 aromatic rings. The number of urea groups is 1. The number of carbonyl (C=O) groups excluding carboxylic acids is 3. The maximum absolute atomic E-state index is 13.0. The summed E-state index contributed by atoms with van der Waals surface area (Å²) in [6, 6.07) is 9.35. The Morgan fingerprint density at radius 1 is 1.00 bits per heavy atom. The number of hydrogen-bond donors (Lipinski definition) is 1. The number of carbonyl (C=O) groups is 3. The first-order valence-corrected chi connectivity index (χ1v) is 7.89. The zero-order chi connectivity index (χ0) is 19.8. The lowest BCUT2D eigenvalue weighted by molar-refractivity contribution is -0.137. The number of hydrogen-bond acceptors (Lipinski definition) is 3. The number of rotatable bonds is 2. The Morgan fingerprint density at radius 3 is 2.30 bits per heavy atom. The van der Waals surface area contributed by atoms with Crippen LogP contribution < -0.4 is 10.2 Å². The summed E-state index contributed by atoms with van der Waals surface area (Å²) in [5.41, 5.74) is -1.47. The predicted octanol–water partition coefficient (Wildman–Crippen LogP) is 4.03. The normalized spacial score (nSPS) is 16.7. The zero-order valence-electron chi connectivity index (χ0n) is 13.4. The highest BCUT2D eigenvalue weighted by Crippen LogP contribution is 2.36. The van der Waals surface area contributed by atoms with Crippen LogP contribution in [0, 0.1) is 0 Å². The molecule has 1 aliphatic rings. The number of nitrogens with zero attached hydrogens (tertiary/aromatic N) is 1. The third kappa shape index (κ3) is 3.70. The molecule has 4 amide bonds. The molecule has 27 heavy (non-hydrogen) atoms. The van der Waals surface area contributed by atoms with Crippen molar-refractivity contribution in [3.63, 3.8) is 0 Å². The van der Waals surface area contributed by atoms with Gasteiger partial charge in [-0.05, 0) is 29.8 Å². The summed E-state index contributed by atoms with van der Waals surface area (Å²) in [5, 5.41) is 1.68. The van der Waals surface area contributed by atoms with Crippen molar-refractivity contribution in [2.75, 3.05) is 4.90 Å². The highest BCUT2D eigenvalue weighted by molar-refractivity contribution is 6.42. The van der Waals surface area contributed by atoms with E-state index in [0.29, 0.717) is 16.5 Å². The van der Waals surface area contributed by atoms with E-state index >= 15 is 0 Å². The van der Waals surface area contributed by atoms with Gasteiger partial charge in [-0.2, -0.15) is 13.2 Å². The molecule has 1 saturated heterocycles. The standard InChI is InChI=1S/C18H10ClF3N2O3/c19-13-7-6-11(18(20,21)22)9-14(13)24-16(26)12(15(25)23-17(24)27)8-10-4-2-1-3-5-10/h1-9H,(H,23,25,27). The van der Waals surface area contributed by atoms with Gasteiger partial charge in [-0.1, -0.05) is 41.9 Å². The van der Waals surface area contributed by atoms with Crippen LogP contribution in [0.1, 0.15) is 11.1 Å². The fraction of sp³-hybridized carbons (Fsp3) is 0.0556. The van der Waals surface area contributed by atoms with Crippen LogP contribution in [0.3, 0.4) is 0 Å². The summed E-state index contributed by atoms with van der Waals surface area (Å²) in [6.07, 6.45) is -3.47. The minimum atomic E-state index is -4.70. The van der Waals surface area contributed by atoms with Crippen molar-refractivity contribution in [1.82, 2.24) is 5.32 Å². The molecule has 0 bridgehead atoms. The third-order valence-corrected chi connectivity index (χ3v) is 4.05. The molecular weight excluding hydrogens is 385 g/mol. The average Bonchev–Trinajstić information content (AvgIpc) is 2.60. The zero-order valence-corrected chi connectivity index (χ0v) is 14.1. The lowest BCUT2D eigenvalue weighted by Gasteiger charge is -2.27. The average molecular weight is 395 g/mol. The van der Waals surface area contributed by atoms with Gasteiger partial charge in [0.15, 0.2) is 0 Å². The van der Waals surface area contributed by atoms with E-state index in [4.69, 9.17) is 11.6 Å². The second-order valence-electron chi connectivity index (χ2n) is 5.53. The fourth-order valence-corrected chi connectivity index (χ4v) is 2.65. The number of nitrogens with one attached hydrogen (secondary N) is 1. The van der Waals surface area contributed by atoms with Gasteiger partial charge in [-0.3, -0.25) is 14.9 Å². The van der Waals surface area contributed by atoms with Crippen molar-refractivity contribution in [2.45, 2.75) is 6.18 Å². The minimum absolute atomic E-state index is 0.250. The van der Waals surface area contributed by atoms with Gasteiger partial charge in [0.2, 0.25) is 0 Å². The number of benzene rings is 2. The molecule has 0 aromatic heterocycles. The molecule has 2 aromatic carbocycles. The maximum atomic E-state index is 13.0. The van der Waals surface area contributed by atoms with E-state index < -0.39 is 40.8 Å². The predicted molar refractivity (Wildman–Crippen MR) is 91.9 cm³/mol. The summed E-state index contributed by atoms with van der Waals surface area (Å²) in [4.78, 5) is 37.3. The Bertz CT molecular complexity index is 972. The van der Waals surface area contributed by atoms with E-state index in [1.165, 1.54) is 6.08 Å². The van der Waals surface area contributed by atoms with Crippen LogP contribution >= 0.6 is 11.6 Å². The van der Waals surface area contributed by atoms with Crippen LogP contribution in [0.5, 0.6) is 0 Å². The summed E-state index contributed by atoms with van der Waals surface area (Å²) in [6.45, 7) is 0. The second kappa shape index (κ2) is 6.88. The van der Waals surface area contributed by atoms with Crippen LogP contribution in [-0.4, -0.2) is 17.8 Å². The van der Waals surface area contributed by atoms with Gasteiger partial charge in [0, 0.05) is 0 Å². The molecule has 9 heteroatoms. The molecular formula is C18H10ClF3N2O3. The van der Waals surface area contributed by atoms with Gasteiger partial charge in [0.05, 0.1) is 16.3 Å². The Balaban J connectivity index is 2.08. The first kappa shape index (κ1) is 18.7.